The molecule has 2 rings (SSSR count). The van der Waals surface area contributed by atoms with Gasteiger partial charge in [0.05, 0.1) is 24.5 Å². The van der Waals surface area contributed by atoms with Gasteiger partial charge in [-0.3, -0.25) is 9.69 Å². The SMILES string of the molecule is Cc1ccc(NC(=O)CN2CCCCCC2CO)c(N)c1. The molecule has 1 heterocycles. The predicted molar refractivity (Wildman–Crippen MR) is 85.1 cm³/mol. The van der Waals surface area contributed by atoms with Gasteiger partial charge in [-0.1, -0.05) is 18.9 Å². The van der Waals surface area contributed by atoms with Gasteiger partial charge < -0.3 is 16.2 Å². The second kappa shape index (κ2) is 7.43. The minimum absolute atomic E-state index is 0.0779. The minimum Gasteiger partial charge on any atom is -0.397 e. The van der Waals surface area contributed by atoms with Crippen molar-refractivity contribution in [2.24, 2.45) is 0 Å². The highest BCUT2D eigenvalue weighted by Crippen LogP contribution is 2.20. The van der Waals surface area contributed by atoms with Crippen LogP contribution in [-0.4, -0.2) is 41.7 Å². The first kappa shape index (κ1) is 15.8. The number of anilines is 2. The topological polar surface area (TPSA) is 78.6 Å². The Labute approximate surface area is 126 Å². The number of nitrogens with zero attached hydrogens (tertiary/aromatic N) is 1. The molecule has 5 heteroatoms. The van der Waals surface area contributed by atoms with Gasteiger partial charge in [0.2, 0.25) is 5.91 Å². The standard InChI is InChI=1S/C16H25N3O2/c1-12-6-7-15(14(17)9-12)18-16(21)10-19-8-4-2-3-5-13(19)11-20/h6-7,9,13,20H,2-5,8,10-11,17H2,1H3,(H,18,21). The van der Waals surface area contributed by atoms with E-state index in [1.807, 2.05) is 25.1 Å². The molecule has 4 N–H and O–H groups in total. The van der Waals surface area contributed by atoms with E-state index in [0.29, 0.717) is 17.9 Å². The van der Waals surface area contributed by atoms with Gasteiger partial charge in [0.1, 0.15) is 0 Å². The molecule has 1 aromatic rings. The average Bonchev–Trinajstić information content (AvgIpc) is 2.67. The molecule has 0 bridgehead atoms. The number of carbonyl (C=O) groups excluding carboxylic acids is 1. The van der Waals surface area contributed by atoms with Crippen molar-refractivity contribution in [3.63, 3.8) is 0 Å². The number of hydrogen-bond donors (Lipinski definition) is 3. The zero-order valence-corrected chi connectivity index (χ0v) is 12.6. The summed E-state index contributed by atoms with van der Waals surface area (Å²) in [6.45, 7) is 3.24. The second-order valence-corrected chi connectivity index (χ2v) is 5.80. The molecule has 21 heavy (non-hydrogen) atoms. The number of nitrogen functional groups attached to an aromatic ring is 1. The largest absolute Gasteiger partial charge is 0.397 e. The fourth-order valence-electron chi connectivity index (χ4n) is 2.82. The zero-order chi connectivity index (χ0) is 15.2. The minimum atomic E-state index is -0.0779. The van der Waals surface area contributed by atoms with Gasteiger partial charge in [-0.25, -0.2) is 0 Å². The Morgan fingerprint density at radius 2 is 2.24 bits per heavy atom. The van der Waals surface area contributed by atoms with Crippen LogP contribution in [0.3, 0.4) is 0 Å². The van der Waals surface area contributed by atoms with E-state index >= 15 is 0 Å². The fraction of sp³-hybridized carbons (Fsp3) is 0.562. The van der Waals surface area contributed by atoms with Crippen LogP contribution in [0.5, 0.6) is 0 Å². The highest BCUT2D eigenvalue weighted by Gasteiger charge is 2.22. The summed E-state index contributed by atoms with van der Waals surface area (Å²) < 4.78 is 0. The summed E-state index contributed by atoms with van der Waals surface area (Å²) in [7, 11) is 0. The van der Waals surface area contributed by atoms with Crippen molar-refractivity contribution < 1.29 is 9.90 Å². The summed E-state index contributed by atoms with van der Waals surface area (Å²) in [5.74, 6) is -0.0779. The van der Waals surface area contributed by atoms with Gasteiger partial charge in [0.25, 0.3) is 0 Å². The Balaban J connectivity index is 1.96. The lowest BCUT2D eigenvalue weighted by Crippen LogP contribution is -2.42. The van der Waals surface area contributed by atoms with Gasteiger partial charge in [0.15, 0.2) is 0 Å². The summed E-state index contributed by atoms with van der Waals surface area (Å²) in [5.41, 5.74) is 8.22. The molecule has 1 aliphatic heterocycles. The van der Waals surface area contributed by atoms with Crippen molar-refractivity contribution in [2.45, 2.75) is 38.6 Å². The molecule has 1 atom stereocenters. The van der Waals surface area contributed by atoms with Crippen LogP contribution >= 0.6 is 0 Å². The van der Waals surface area contributed by atoms with Crippen LogP contribution in [0.15, 0.2) is 18.2 Å². The molecule has 1 aromatic carbocycles. The molecule has 0 radical (unpaired) electrons. The number of aliphatic hydroxyl groups excluding tert-OH is 1. The summed E-state index contributed by atoms with van der Waals surface area (Å²) in [6.07, 6.45) is 4.32. The molecule has 0 aliphatic carbocycles. The number of aliphatic hydroxyl groups is 1. The Morgan fingerprint density at radius 3 is 2.95 bits per heavy atom. The van der Waals surface area contributed by atoms with Gasteiger partial charge in [-0.05, 0) is 44.0 Å². The van der Waals surface area contributed by atoms with Crippen LogP contribution in [0.1, 0.15) is 31.2 Å². The van der Waals surface area contributed by atoms with Gasteiger partial charge in [-0.15, -0.1) is 0 Å². The molecular weight excluding hydrogens is 266 g/mol. The number of benzene rings is 1. The maximum Gasteiger partial charge on any atom is 0.238 e. The molecule has 1 amide bonds. The van der Waals surface area contributed by atoms with E-state index in [9.17, 15) is 9.90 Å². The van der Waals surface area contributed by atoms with E-state index in [-0.39, 0.29) is 18.6 Å². The lowest BCUT2D eigenvalue weighted by atomic mass is 10.1. The normalized spacial score (nSPS) is 20.0. The van der Waals surface area contributed by atoms with E-state index in [1.165, 1.54) is 6.42 Å². The quantitative estimate of drug-likeness (QED) is 0.739. The molecule has 1 aliphatic rings. The Hall–Kier alpha value is -1.59. The molecule has 1 saturated heterocycles. The smallest absolute Gasteiger partial charge is 0.238 e. The molecule has 1 fully saturated rings. The van der Waals surface area contributed by atoms with Crippen LogP contribution in [-0.2, 0) is 4.79 Å². The third-order valence-corrected chi connectivity index (χ3v) is 4.04. The van der Waals surface area contributed by atoms with Crippen molar-refractivity contribution in [3.05, 3.63) is 23.8 Å². The Morgan fingerprint density at radius 1 is 1.43 bits per heavy atom. The first-order valence-corrected chi connectivity index (χ1v) is 7.61. The zero-order valence-electron chi connectivity index (χ0n) is 12.6. The van der Waals surface area contributed by atoms with Crippen LogP contribution in [0.2, 0.25) is 0 Å². The molecule has 0 aromatic heterocycles. The van der Waals surface area contributed by atoms with Crippen LogP contribution in [0.25, 0.3) is 0 Å². The highest BCUT2D eigenvalue weighted by molar-refractivity contribution is 5.95. The number of rotatable bonds is 4. The molecular formula is C16H25N3O2. The van der Waals surface area contributed by atoms with Crippen LogP contribution in [0.4, 0.5) is 11.4 Å². The summed E-state index contributed by atoms with van der Waals surface area (Å²) in [6, 6.07) is 5.69. The number of aryl methyl sites for hydroxylation is 1. The molecule has 5 nitrogen and oxygen atoms in total. The van der Waals surface area contributed by atoms with Crippen molar-refractivity contribution in [3.8, 4) is 0 Å². The maximum absolute atomic E-state index is 12.2. The van der Waals surface area contributed by atoms with E-state index in [2.05, 4.69) is 10.2 Å². The second-order valence-electron chi connectivity index (χ2n) is 5.80. The van der Waals surface area contributed by atoms with Gasteiger partial charge in [0, 0.05) is 6.04 Å². The lowest BCUT2D eigenvalue weighted by molar-refractivity contribution is -0.118. The van der Waals surface area contributed by atoms with Gasteiger partial charge in [-0.2, -0.15) is 0 Å². The monoisotopic (exact) mass is 291 g/mol. The van der Waals surface area contributed by atoms with E-state index in [1.54, 1.807) is 0 Å². The first-order chi connectivity index (χ1) is 10.1. The van der Waals surface area contributed by atoms with E-state index in [4.69, 9.17) is 5.73 Å². The molecule has 116 valence electrons. The first-order valence-electron chi connectivity index (χ1n) is 7.61. The molecule has 1 unspecified atom stereocenters. The number of likely N-dealkylation sites (tertiary alicyclic amines) is 1. The van der Waals surface area contributed by atoms with Crippen molar-refractivity contribution >= 4 is 17.3 Å². The Bertz CT molecular complexity index is 490. The lowest BCUT2D eigenvalue weighted by Gasteiger charge is -2.27. The van der Waals surface area contributed by atoms with E-state index in [0.717, 1.165) is 31.4 Å². The average molecular weight is 291 g/mol. The fourth-order valence-corrected chi connectivity index (χ4v) is 2.82. The van der Waals surface area contributed by atoms with Crippen LogP contribution < -0.4 is 11.1 Å². The summed E-state index contributed by atoms with van der Waals surface area (Å²) in [4.78, 5) is 14.3. The Kier molecular flexibility index (Phi) is 5.59. The number of hydrogen-bond acceptors (Lipinski definition) is 4. The maximum atomic E-state index is 12.2. The predicted octanol–water partition coefficient (Wildman–Crippen LogP) is 1.75. The number of nitrogens with one attached hydrogen (secondary N) is 1. The molecule has 0 spiro atoms. The number of carbonyl (C=O) groups is 1. The number of amides is 1. The van der Waals surface area contributed by atoms with E-state index < -0.39 is 0 Å². The third-order valence-electron chi connectivity index (χ3n) is 4.04. The highest BCUT2D eigenvalue weighted by atomic mass is 16.3. The van der Waals surface area contributed by atoms with Gasteiger partial charge >= 0.3 is 0 Å². The van der Waals surface area contributed by atoms with Crippen molar-refractivity contribution in [2.75, 3.05) is 30.7 Å². The summed E-state index contributed by atoms with van der Waals surface area (Å²) >= 11 is 0. The molecule has 0 saturated carbocycles. The van der Waals surface area contributed by atoms with Crippen LogP contribution in [0, 0.1) is 6.92 Å². The van der Waals surface area contributed by atoms with Crippen molar-refractivity contribution in [1.29, 1.82) is 0 Å². The third kappa shape index (κ3) is 4.44. The summed E-state index contributed by atoms with van der Waals surface area (Å²) in [5, 5.41) is 12.3. The number of nitrogens with two attached hydrogens (primary N) is 1. The van der Waals surface area contributed by atoms with Crippen molar-refractivity contribution in [1.82, 2.24) is 4.90 Å².